The van der Waals surface area contributed by atoms with E-state index in [0.717, 1.165) is 27.6 Å². The van der Waals surface area contributed by atoms with Crippen LogP contribution in [0.15, 0.2) is 55.2 Å². The molecule has 0 spiro atoms. The van der Waals surface area contributed by atoms with Crippen molar-refractivity contribution in [3.05, 3.63) is 60.8 Å². The Morgan fingerprint density at radius 1 is 1.00 bits per heavy atom. The SMILES string of the molecule is C=C1C(=O)NOc2cccc(-c3c[nH]c4ccccc34)c21. The van der Waals surface area contributed by atoms with Gasteiger partial charge >= 0.3 is 0 Å². The lowest BCUT2D eigenvalue weighted by Crippen LogP contribution is -2.32. The number of nitrogens with one attached hydrogen (secondary N) is 2. The number of carbonyl (C=O) groups excluding carboxylic acids is 1. The maximum absolute atomic E-state index is 11.8. The van der Waals surface area contributed by atoms with Crippen LogP contribution in [0.1, 0.15) is 5.56 Å². The molecule has 0 aliphatic carbocycles. The van der Waals surface area contributed by atoms with Crippen LogP contribution in [0.2, 0.25) is 0 Å². The van der Waals surface area contributed by atoms with E-state index in [1.165, 1.54) is 0 Å². The minimum absolute atomic E-state index is 0.310. The predicted molar refractivity (Wildman–Crippen MR) is 81.5 cm³/mol. The standard InChI is InChI=1S/C17H12N2O2/c1-10-16-12(6-4-8-15(16)21-19-17(10)20)13-9-18-14-7-3-2-5-11(13)14/h2-9,18H,1H2,(H,19,20). The van der Waals surface area contributed by atoms with Gasteiger partial charge in [-0.1, -0.05) is 36.9 Å². The number of amides is 1. The number of aromatic amines is 1. The van der Waals surface area contributed by atoms with Crippen molar-refractivity contribution in [3.63, 3.8) is 0 Å². The topological polar surface area (TPSA) is 54.1 Å². The van der Waals surface area contributed by atoms with Crippen molar-refractivity contribution >= 4 is 22.4 Å². The minimum atomic E-state index is -0.310. The molecule has 0 fully saturated rings. The van der Waals surface area contributed by atoms with E-state index in [1.807, 2.05) is 48.7 Å². The third-order valence-corrected chi connectivity index (χ3v) is 3.74. The summed E-state index contributed by atoms with van der Waals surface area (Å²) >= 11 is 0. The monoisotopic (exact) mass is 276 g/mol. The fourth-order valence-electron chi connectivity index (χ4n) is 2.72. The molecule has 3 aromatic rings. The summed E-state index contributed by atoms with van der Waals surface area (Å²) < 4.78 is 0. The fourth-order valence-corrected chi connectivity index (χ4v) is 2.72. The van der Waals surface area contributed by atoms with Gasteiger partial charge in [0.2, 0.25) is 0 Å². The van der Waals surface area contributed by atoms with Gasteiger partial charge < -0.3 is 9.82 Å². The lowest BCUT2D eigenvalue weighted by atomic mass is 9.93. The quantitative estimate of drug-likeness (QED) is 0.670. The van der Waals surface area contributed by atoms with Gasteiger partial charge in [-0.25, -0.2) is 0 Å². The van der Waals surface area contributed by atoms with Gasteiger partial charge in [0.15, 0.2) is 5.75 Å². The van der Waals surface area contributed by atoms with Crippen LogP contribution < -0.4 is 10.3 Å². The van der Waals surface area contributed by atoms with Crippen molar-refractivity contribution in [2.24, 2.45) is 0 Å². The summed E-state index contributed by atoms with van der Waals surface area (Å²) in [6.45, 7) is 3.88. The number of hydroxylamine groups is 1. The number of para-hydroxylation sites is 1. The maximum atomic E-state index is 11.8. The second kappa shape index (κ2) is 4.24. The number of carbonyl (C=O) groups is 1. The van der Waals surface area contributed by atoms with E-state index in [4.69, 9.17) is 4.84 Å². The predicted octanol–water partition coefficient (Wildman–Crippen LogP) is 3.27. The summed E-state index contributed by atoms with van der Waals surface area (Å²) in [6.07, 6.45) is 1.94. The van der Waals surface area contributed by atoms with E-state index in [-0.39, 0.29) is 5.91 Å². The van der Waals surface area contributed by atoms with Crippen molar-refractivity contribution in [1.82, 2.24) is 10.5 Å². The third-order valence-electron chi connectivity index (χ3n) is 3.74. The Kier molecular flexibility index (Phi) is 2.38. The largest absolute Gasteiger partial charge is 0.379 e. The number of fused-ring (bicyclic) bond motifs is 2. The van der Waals surface area contributed by atoms with Crippen LogP contribution in [-0.4, -0.2) is 10.9 Å². The average molecular weight is 276 g/mol. The number of rotatable bonds is 1. The van der Waals surface area contributed by atoms with Gasteiger partial charge in [-0.05, 0) is 17.7 Å². The molecule has 4 heteroatoms. The fraction of sp³-hybridized carbons (Fsp3) is 0. The summed E-state index contributed by atoms with van der Waals surface area (Å²) in [5.41, 5.74) is 6.52. The van der Waals surface area contributed by atoms with Gasteiger partial charge in [0.1, 0.15) is 0 Å². The number of aromatic nitrogens is 1. The van der Waals surface area contributed by atoms with E-state index in [2.05, 4.69) is 17.0 Å². The van der Waals surface area contributed by atoms with E-state index < -0.39 is 0 Å². The summed E-state index contributed by atoms with van der Waals surface area (Å²) in [7, 11) is 0. The molecule has 0 atom stereocenters. The molecular formula is C17H12N2O2. The zero-order valence-corrected chi connectivity index (χ0v) is 11.1. The molecule has 1 aliphatic heterocycles. The van der Waals surface area contributed by atoms with Crippen LogP contribution in [0.4, 0.5) is 0 Å². The highest BCUT2D eigenvalue weighted by Gasteiger charge is 2.25. The Hall–Kier alpha value is -3.01. The first kappa shape index (κ1) is 11.8. The van der Waals surface area contributed by atoms with E-state index in [0.29, 0.717) is 11.3 Å². The second-order valence-electron chi connectivity index (χ2n) is 4.94. The Labute approximate surface area is 121 Å². The summed E-state index contributed by atoms with van der Waals surface area (Å²) in [5.74, 6) is 0.303. The second-order valence-corrected chi connectivity index (χ2v) is 4.94. The molecule has 0 radical (unpaired) electrons. The van der Waals surface area contributed by atoms with E-state index in [1.54, 1.807) is 0 Å². The number of hydrogen-bond acceptors (Lipinski definition) is 2. The van der Waals surface area contributed by atoms with E-state index >= 15 is 0 Å². The molecule has 0 unspecified atom stereocenters. The Bertz CT molecular complexity index is 893. The molecule has 4 nitrogen and oxygen atoms in total. The average Bonchev–Trinajstić information content (AvgIpc) is 2.94. The van der Waals surface area contributed by atoms with Crippen LogP contribution in [0, 0.1) is 0 Å². The molecule has 0 bridgehead atoms. The van der Waals surface area contributed by atoms with Crippen molar-refractivity contribution in [3.8, 4) is 16.9 Å². The maximum Gasteiger partial charge on any atom is 0.284 e. The van der Waals surface area contributed by atoms with Gasteiger partial charge in [-0.3, -0.25) is 4.79 Å². The van der Waals surface area contributed by atoms with Gasteiger partial charge in [0.25, 0.3) is 5.91 Å². The molecule has 1 amide bonds. The molecule has 102 valence electrons. The molecule has 2 aromatic carbocycles. The molecule has 1 aliphatic rings. The first-order valence-electron chi connectivity index (χ1n) is 6.61. The number of benzene rings is 2. The van der Waals surface area contributed by atoms with Crippen molar-refractivity contribution in [2.45, 2.75) is 0 Å². The zero-order chi connectivity index (χ0) is 14.4. The van der Waals surface area contributed by atoms with E-state index in [9.17, 15) is 4.79 Å². The lowest BCUT2D eigenvalue weighted by Gasteiger charge is -2.21. The van der Waals surface area contributed by atoms with Crippen LogP contribution in [0.5, 0.6) is 5.75 Å². The Morgan fingerprint density at radius 3 is 2.76 bits per heavy atom. The van der Waals surface area contributed by atoms with Crippen LogP contribution in [0.3, 0.4) is 0 Å². The van der Waals surface area contributed by atoms with Gasteiger partial charge in [-0.2, -0.15) is 5.48 Å². The Morgan fingerprint density at radius 2 is 1.86 bits per heavy atom. The van der Waals surface area contributed by atoms with Crippen molar-refractivity contribution in [2.75, 3.05) is 0 Å². The molecule has 0 saturated heterocycles. The molecule has 0 saturated carbocycles. The highest BCUT2D eigenvalue weighted by Crippen LogP contribution is 2.39. The minimum Gasteiger partial charge on any atom is -0.379 e. The summed E-state index contributed by atoms with van der Waals surface area (Å²) in [6, 6.07) is 13.7. The van der Waals surface area contributed by atoms with Gasteiger partial charge in [0.05, 0.1) is 0 Å². The van der Waals surface area contributed by atoms with Crippen molar-refractivity contribution in [1.29, 1.82) is 0 Å². The first-order valence-corrected chi connectivity index (χ1v) is 6.61. The first-order chi connectivity index (χ1) is 10.3. The number of hydrogen-bond donors (Lipinski definition) is 2. The van der Waals surface area contributed by atoms with Crippen LogP contribution in [0.25, 0.3) is 27.6 Å². The summed E-state index contributed by atoms with van der Waals surface area (Å²) in [4.78, 5) is 20.3. The van der Waals surface area contributed by atoms with Crippen LogP contribution >= 0.6 is 0 Å². The highest BCUT2D eigenvalue weighted by atomic mass is 16.7. The normalized spacial score (nSPS) is 13.7. The Balaban J connectivity index is 2.02. The molecular weight excluding hydrogens is 264 g/mol. The van der Waals surface area contributed by atoms with Crippen molar-refractivity contribution < 1.29 is 9.63 Å². The van der Waals surface area contributed by atoms with Crippen LogP contribution in [-0.2, 0) is 4.79 Å². The summed E-state index contributed by atoms with van der Waals surface area (Å²) in [5, 5.41) is 1.10. The zero-order valence-electron chi connectivity index (χ0n) is 11.1. The molecule has 1 aromatic heterocycles. The highest BCUT2D eigenvalue weighted by molar-refractivity contribution is 6.22. The van der Waals surface area contributed by atoms with Gasteiger partial charge in [-0.15, -0.1) is 0 Å². The molecule has 2 N–H and O–H groups in total. The molecule has 4 rings (SSSR count). The van der Waals surface area contributed by atoms with Gasteiger partial charge in [0, 0.05) is 33.8 Å². The smallest absolute Gasteiger partial charge is 0.284 e. The molecule has 21 heavy (non-hydrogen) atoms. The lowest BCUT2D eigenvalue weighted by molar-refractivity contribution is -0.122. The third kappa shape index (κ3) is 1.66. The molecule has 2 heterocycles. The number of H-pyrrole nitrogens is 1.